The van der Waals surface area contributed by atoms with Crippen LogP contribution in [-0.2, 0) is 0 Å². The number of benzene rings is 1. The summed E-state index contributed by atoms with van der Waals surface area (Å²) in [5.74, 6) is -0.611. The number of carbonyl (C=O) groups is 1. The highest BCUT2D eigenvalue weighted by molar-refractivity contribution is 14.1. The lowest BCUT2D eigenvalue weighted by atomic mass is 10.2. The fourth-order valence-electron chi connectivity index (χ4n) is 1.46. The van der Waals surface area contributed by atoms with Crippen molar-refractivity contribution in [1.82, 2.24) is 5.32 Å². The fraction of sp³-hybridized carbons (Fsp3) is 0.364. The Morgan fingerprint density at radius 3 is 2.75 bits per heavy atom. The molecule has 2 rings (SSSR count). The molecule has 0 heterocycles. The number of rotatable bonds is 3. The summed E-state index contributed by atoms with van der Waals surface area (Å²) in [7, 11) is 0. The summed E-state index contributed by atoms with van der Waals surface area (Å²) in [4.78, 5) is 11.8. The van der Waals surface area contributed by atoms with Gasteiger partial charge in [-0.05, 0) is 53.6 Å². The molecule has 1 saturated carbocycles. The Bertz CT molecular complexity index is 432. The number of aliphatic hydroxyl groups excluding tert-OH is 1. The minimum absolute atomic E-state index is 0.0451. The smallest absolute Gasteiger partial charge is 0.252 e. The summed E-state index contributed by atoms with van der Waals surface area (Å²) in [6.45, 7) is -0.0451. The Morgan fingerprint density at radius 1 is 1.56 bits per heavy atom. The van der Waals surface area contributed by atoms with E-state index in [1.807, 2.05) is 22.6 Å². The zero-order valence-corrected chi connectivity index (χ0v) is 10.6. The van der Waals surface area contributed by atoms with Crippen LogP contribution >= 0.6 is 22.6 Å². The first-order valence-electron chi connectivity index (χ1n) is 4.95. The van der Waals surface area contributed by atoms with E-state index in [1.165, 1.54) is 18.2 Å². The van der Waals surface area contributed by atoms with Crippen molar-refractivity contribution in [3.8, 4) is 0 Å². The van der Waals surface area contributed by atoms with Gasteiger partial charge in [-0.2, -0.15) is 0 Å². The van der Waals surface area contributed by atoms with Gasteiger partial charge in [0.1, 0.15) is 5.82 Å². The maximum Gasteiger partial charge on any atom is 0.252 e. The van der Waals surface area contributed by atoms with Gasteiger partial charge in [-0.3, -0.25) is 4.79 Å². The van der Waals surface area contributed by atoms with Crippen LogP contribution in [0.5, 0.6) is 0 Å². The van der Waals surface area contributed by atoms with Crippen molar-refractivity contribution >= 4 is 28.5 Å². The molecule has 5 heteroatoms. The number of halogens is 2. The molecule has 1 aliphatic rings. The number of amides is 1. The second-order valence-corrected chi connectivity index (χ2v) is 5.18. The minimum Gasteiger partial charge on any atom is -0.394 e. The normalized spacial score (nSPS) is 16.9. The zero-order chi connectivity index (χ0) is 11.8. The highest BCUT2D eigenvalue weighted by atomic mass is 127. The molecule has 1 aromatic rings. The first-order valence-corrected chi connectivity index (χ1v) is 6.03. The van der Waals surface area contributed by atoms with Gasteiger partial charge in [0.05, 0.1) is 17.7 Å². The largest absolute Gasteiger partial charge is 0.394 e. The molecule has 1 aliphatic carbocycles. The number of hydrogen-bond acceptors (Lipinski definition) is 2. The van der Waals surface area contributed by atoms with Crippen LogP contribution in [0.3, 0.4) is 0 Å². The minimum atomic E-state index is -0.436. The third kappa shape index (κ3) is 2.35. The SMILES string of the molecule is O=C(NC1(CO)CC1)c1ccc(F)cc1I. The molecule has 16 heavy (non-hydrogen) atoms. The molecule has 0 atom stereocenters. The zero-order valence-electron chi connectivity index (χ0n) is 8.46. The molecule has 0 radical (unpaired) electrons. The van der Waals surface area contributed by atoms with Gasteiger partial charge in [0.25, 0.3) is 5.91 Å². The van der Waals surface area contributed by atoms with Crippen molar-refractivity contribution in [2.45, 2.75) is 18.4 Å². The van der Waals surface area contributed by atoms with E-state index in [-0.39, 0.29) is 18.3 Å². The molecule has 2 N–H and O–H groups in total. The Hall–Kier alpha value is -0.690. The number of carbonyl (C=O) groups excluding carboxylic acids is 1. The lowest BCUT2D eigenvalue weighted by Gasteiger charge is -2.14. The molecule has 0 aromatic heterocycles. The molecule has 1 aromatic carbocycles. The second-order valence-electron chi connectivity index (χ2n) is 4.02. The maximum absolute atomic E-state index is 12.9. The van der Waals surface area contributed by atoms with Crippen molar-refractivity contribution in [3.63, 3.8) is 0 Å². The van der Waals surface area contributed by atoms with Crippen LogP contribution in [0.15, 0.2) is 18.2 Å². The highest BCUT2D eigenvalue weighted by Crippen LogP contribution is 2.35. The summed E-state index contributed by atoms with van der Waals surface area (Å²) in [6.07, 6.45) is 1.60. The van der Waals surface area contributed by atoms with Crippen LogP contribution in [-0.4, -0.2) is 23.2 Å². The highest BCUT2D eigenvalue weighted by Gasteiger charge is 2.43. The molecule has 0 bridgehead atoms. The molecular formula is C11H11FINO2. The van der Waals surface area contributed by atoms with Crippen molar-refractivity contribution in [1.29, 1.82) is 0 Å². The average molecular weight is 335 g/mol. The van der Waals surface area contributed by atoms with Gasteiger partial charge < -0.3 is 10.4 Å². The van der Waals surface area contributed by atoms with Crippen LogP contribution in [0.25, 0.3) is 0 Å². The molecule has 1 amide bonds. The van der Waals surface area contributed by atoms with Crippen LogP contribution in [0.4, 0.5) is 4.39 Å². The van der Waals surface area contributed by atoms with Crippen molar-refractivity contribution in [2.24, 2.45) is 0 Å². The molecule has 1 fully saturated rings. The van der Waals surface area contributed by atoms with Crippen molar-refractivity contribution in [2.75, 3.05) is 6.61 Å². The number of aliphatic hydroxyl groups is 1. The van der Waals surface area contributed by atoms with Gasteiger partial charge in [0.15, 0.2) is 0 Å². The predicted molar refractivity (Wildman–Crippen MR) is 65.6 cm³/mol. The standard InChI is InChI=1S/C11H11FINO2/c12-7-1-2-8(9(13)5-7)10(16)14-11(6-15)3-4-11/h1-2,5,15H,3-4,6H2,(H,14,16). The lowest BCUT2D eigenvalue weighted by Crippen LogP contribution is -2.39. The van der Waals surface area contributed by atoms with Crippen LogP contribution in [0, 0.1) is 9.39 Å². The summed E-state index contributed by atoms with van der Waals surface area (Å²) < 4.78 is 13.4. The summed E-state index contributed by atoms with van der Waals surface area (Å²) in [5.41, 5.74) is 0.0101. The van der Waals surface area contributed by atoms with Gasteiger partial charge in [-0.1, -0.05) is 0 Å². The van der Waals surface area contributed by atoms with E-state index >= 15 is 0 Å². The molecule has 86 valence electrons. The van der Waals surface area contributed by atoms with Crippen LogP contribution in [0.1, 0.15) is 23.2 Å². The Balaban J connectivity index is 2.15. The molecule has 0 spiro atoms. The first-order chi connectivity index (χ1) is 7.56. The van der Waals surface area contributed by atoms with E-state index < -0.39 is 5.54 Å². The van der Waals surface area contributed by atoms with Gasteiger partial charge in [-0.15, -0.1) is 0 Å². The van der Waals surface area contributed by atoms with E-state index in [4.69, 9.17) is 5.11 Å². The Morgan fingerprint density at radius 2 is 2.25 bits per heavy atom. The summed E-state index contributed by atoms with van der Waals surface area (Å²) >= 11 is 1.92. The number of nitrogens with one attached hydrogen (secondary N) is 1. The second kappa shape index (κ2) is 4.29. The van der Waals surface area contributed by atoms with E-state index in [0.717, 1.165) is 12.8 Å². The molecular weight excluding hydrogens is 324 g/mol. The molecule has 0 unspecified atom stereocenters. The fourth-order valence-corrected chi connectivity index (χ4v) is 2.18. The molecule has 0 saturated heterocycles. The first kappa shape index (κ1) is 11.8. The third-order valence-corrected chi connectivity index (χ3v) is 3.60. The molecule has 0 aliphatic heterocycles. The Labute approximate surface area is 106 Å². The maximum atomic E-state index is 12.9. The topological polar surface area (TPSA) is 49.3 Å². The van der Waals surface area contributed by atoms with E-state index in [0.29, 0.717) is 9.13 Å². The molecule has 3 nitrogen and oxygen atoms in total. The van der Waals surface area contributed by atoms with Gasteiger partial charge in [0, 0.05) is 3.57 Å². The monoisotopic (exact) mass is 335 g/mol. The van der Waals surface area contributed by atoms with Gasteiger partial charge in [0.2, 0.25) is 0 Å². The van der Waals surface area contributed by atoms with E-state index in [9.17, 15) is 9.18 Å². The van der Waals surface area contributed by atoms with E-state index in [2.05, 4.69) is 5.32 Å². The van der Waals surface area contributed by atoms with Crippen molar-refractivity contribution in [3.05, 3.63) is 33.1 Å². The average Bonchev–Trinajstić information content (AvgIpc) is 2.98. The predicted octanol–water partition coefficient (Wildman–Crippen LogP) is 1.68. The number of hydrogen-bond donors (Lipinski definition) is 2. The summed E-state index contributed by atoms with van der Waals surface area (Å²) in [6, 6.07) is 4.03. The third-order valence-electron chi connectivity index (χ3n) is 2.71. The van der Waals surface area contributed by atoms with E-state index in [1.54, 1.807) is 0 Å². The van der Waals surface area contributed by atoms with Crippen LogP contribution < -0.4 is 5.32 Å². The summed E-state index contributed by atoms with van der Waals surface area (Å²) in [5, 5.41) is 11.9. The van der Waals surface area contributed by atoms with Gasteiger partial charge in [-0.25, -0.2) is 4.39 Å². The van der Waals surface area contributed by atoms with Crippen molar-refractivity contribution < 1.29 is 14.3 Å². The quantitative estimate of drug-likeness (QED) is 0.826. The Kier molecular flexibility index (Phi) is 3.16. The van der Waals surface area contributed by atoms with Gasteiger partial charge >= 0.3 is 0 Å². The lowest BCUT2D eigenvalue weighted by molar-refractivity contribution is 0.0906. The van der Waals surface area contributed by atoms with Crippen LogP contribution in [0.2, 0.25) is 0 Å².